The molecule has 0 amide bonds. The average Bonchev–Trinajstić information content (AvgIpc) is 2.58. The Morgan fingerprint density at radius 1 is 1.43 bits per heavy atom. The molecule has 0 aliphatic rings. The molecule has 0 bridgehead atoms. The summed E-state index contributed by atoms with van der Waals surface area (Å²) in [4.78, 5) is 0. The quantitative estimate of drug-likeness (QED) is 0.756. The molecule has 14 heavy (non-hydrogen) atoms. The highest BCUT2D eigenvalue weighted by molar-refractivity contribution is 14.1. The van der Waals surface area contributed by atoms with Crippen LogP contribution in [0.2, 0.25) is 0 Å². The van der Waals surface area contributed by atoms with Gasteiger partial charge in [0.05, 0.1) is 12.7 Å². The molecule has 1 aromatic heterocycles. The molecule has 2 nitrogen and oxygen atoms in total. The minimum atomic E-state index is 0.725. The molecule has 0 atom stereocenters. The predicted octanol–water partition coefficient (Wildman–Crippen LogP) is 3.39. The summed E-state index contributed by atoms with van der Waals surface area (Å²) in [5.74, 6) is 0. The van der Waals surface area contributed by atoms with E-state index in [4.69, 9.17) is 10.00 Å². The van der Waals surface area contributed by atoms with Crippen molar-refractivity contribution in [1.29, 1.82) is 5.26 Å². The van der Waals surface area contributed by atoms with Crippen LogP contribution in [0.1, 0.15) is 5.56 Å². The van der Waals surface area contributed by atoms with Gasteiger partial charge in [-0.1, -0.05) is 11.3 Å². The largest absolute Gasteiger partial charge is 0.487 e. The number of nitriles is 1. The van der Waals surface area contributed by atoms with E-state index in [1.54, 1.807) is 18.4 Å². The Kier molecular flexibility index (Phi) is 2.61. The van der Waals surface area contributed by atoms with Crippen molar-refractivity contribution in [3.8, 4) is 11.1 Å². The van der Waals surface area contributed by atoms with Gasteiger partial charge in [-0.15, -0.1) is 0 Å². The molecule has 0 N–H and O–H groups in total. The molecule has 0 aliphatic heterocycles. The number of thiophene rings is 1. The van der Waals surface area contributed by atoms with Gasteiger partial charge in [-0.3, -0.25) is 0 Å². The molecule has 2 rings (SSSR count). The third kappa shape index (κ3) is 1.57. The minimum Gasteiger partial charge on any atom is -0.487 e. The fourth-order valence-electron chi connectivity index (χ4n) is 1.22. The van der Waals surface area contributed by atoms with Crippen LogP contribution in [0.3, 0.4) is 0 Å². The maximum atomic E-state index is 8.86. The fourth-order valence-corrected chi connectivity index (χ4v) is 2.73. The van der Waals surface area contributed by atoms with E-state index in [9.17, 15) is 0 Å². The molecule has 0 aliphatic carbocycles. The summed E-state index contributed by atoms with van der Waals surface area (Å²) in [5, 5.41) is 10.9. The van der Waals surface area contributed by atoms with E-state index in [1.807, 2.05) is 18.2 Å². The second kappa shape index (κ2) is 3.75. The molecule has 0 unspecified atom stereocenters. The summed E-state index contributed by atoms with van der Waals surface area (Å²) in [6.45, 7) is 0. The smallest absolute Gasteiger partial charge is 0.174 e. The molecule has 0 saturated heterocycles. The van der Waals surface area contributed by atoms with Crippen molar-refractivity contribution < 1.29 is 4.74 Å². The first kappa shape index (κ1) is 9.74. The number of hydrogen-bond donors (Lipinski definition) is 0. The SMILES string of the molecule is COc1cc2cc(I)c(C#N)cc2s1. The van der Waals surface area contributed by atoms with Crippen LogP contribution in [0.4, 0.5) is 0 Å². The Bertz CT molecular complexity index is 527. The van der Waals surface area contributed by atoms with Crippen LogP contribution < -0.4 is 4.74 Å². The van der Waals surface area contributed by atoms with Crippen LogP contribution in [-0.4, -0.2) is 7.11 Å². The standard InChI is InChI=1S/C10H6INOS/c1-13-10-4-6-2-8(11)7(5-12)3-9(6)14-10/h2-4H,1H3. The topological polar surface area (TPSA) is 33.0 Å². The maximum Gasteiger partial charge on any atom is 0.174 e. The number of methoxy groups -OCH3 is 1. The van der Waals surface area contributed by atoms with E-state index < -0.39 is 0 Å². The lowest BCUT2D eigenvalue weighted by Crippen LogP contribution is -1.79. The van der Waals surface area contributed by atoms with E-state index in [-0.39, 0.29) is 0 Å². The lowest BCUT2D eigenvalue weighted by atomic mass is 10.2. The van der Waals surface area contributed by atoms with Gasteiger partial charge in [0.15, 0.2) is 5.06 Å². The van der Waals surface area contributed by atoms with Gasteiger partial charge in [-0.2, -0.15) is 5.26 Å². The van der Waals surface area contributed by atoms with Crippen LogP contribution in [0, 0.1) is 14.9 Å². The van der Waals surface area contributed by atoms with Gasteiger partial charge in [0.1, 0.15) is 6.07 Å². The molecule has 0 saturated carbocycles. The van der Waals surface area contributed by atoms with Crippen LogP contribution in [0.25, 0.3) is 10.1 Å². The Balaban J connectivity index is 2.71. The fraction of sp³-hybridized carbons (Fsp3) is 0.100. The van der Waals surface area contributed by atoms with Gasteiger partial charge < -0.3 is 4.74 Å². The summed E-state index contributed by atoms with van der Waals surface area (Å²) in [6.07, 6.45) is 0. The number of fused-ring (bicyclic) bond motifs is 1. The number of nitrogens with zero attached hydrogens (tertiary/aromatic N) is 1. The third-order valence-electron chi connectivity index (χ3n) is 1.91. The lowest BCUT2D eigenvalue weighted by molar-refractivity contribution is 0.427. The summed E-state index contributed by atoms with van der Waals surface area (Å²) >= 11 is 3.73. The zero-order valence-electron chi connectivity index (χ0n) is 7.37. The molecule has 1 heterocycles. The van der Waals surface area contributed by atoms with Gasteiger partial charge in [0.2, 0.25) is 0 Å². The highest BCUT2D eigenvalue weighted by Crippen LogP contribution is 2.33. The summed E-state index contributed by atoms with van der Waals surface area (Å²) in [6, 6.07) is 8.08. The van der Waals surface area contributed by atoms with Gasteiger partial charge in [0.25, 0.3) is 0 Å². The summed E-state index contributed by atoms with van der Waals surface area (Å²) < 4.78 is 7.23. The number of hydrogen-bond acceptors (Lipinski definition) is 3. The third-order valence-corrected chi connectivity index (χ3v) is 3.86. The van der Waals surface area contributed by atoms with E-state index in [0.717, 1.165) is 24.3 Å². The molecule has 0 fully saturated rings. The van der Waals surface area contributed by atoms with Crippen LogP contribution in [0.15, 0.2) is 18.2 Å². The molecular formula is C10H6INOS. The molecule has 4 heteroatoms. The van der Waals surface area contributed by atoms with E-state index in [2.05, 4.69) is 28.7 Å². The highest BCUT2D eigenvalue weighted by Gasteiger charge is 2.06. The number of halogens is 1. The first-order chi connectivity index (χ1) is 6.74. The second-order valence-electron chi connectivity index (χ2n) is 2.75. The van der Waals surface area contributed by atoms with Crippen molar-refractivity contribution in [2.75, 3.05) is 7.11 Å². The zero-order valence-corrected chi connectivity index (χ0v) is 10.3. The van der Waals surface area contributed by atoms with Crippen molar-refractivity contribution >= 4 is 44.0 Å². The number of rotatable bonds is 1. The average molecular weight is 315 g/mol. The Morgan fingerprint density at radius 2 is 2.21 bits per heavy atom. The van der Waals surface area contributed by atoms with E-state index in [1.165, 1.54) is 0 Å². The van der Waals surface area contributed by atoms with Crippen molar-refractivity contribution in [2.24, 2.45) is 0 Å². The van der Waals surface area contributed by atoms with Gasteiger partial charge >= 0.3 is 0 Å². The Labute approximate surface area is 99.3 Å². The Hall–Kier alpha value is -0.800. The van der Waals surface area contributed by atoms with Crippen molar-refractivity contribution in [1.82, 2.24) is 0 Å². The van der Waals surface area contributed by atoms with Gasteiger partial charge in [-0.05, 0) is 46.2 Å². The zero-order chi connectivity index (χ0) is 10.1. The van der Waals surface area contributed by atoms with Crippen molar-refractivity contribution in [3.05, 3.63) is 27.3 Å². The summed E-state index contributed by atoms with van der Waals surface area (Å²) in [7, 11) is 1.65. The van der Waals surface area contributed by atoms with E-state index in [0.29, 0.717) is 0 Å². The Morgan fingerprint density at radius 3 is 2.86 bits per heavy atom. The molecule has 2 aromatic rings. The number of ether oxygens (including phenoxy) is 1. The molecular weight excluding hydrogens is 309 g/mol. The normalized spacial score (nSPS) is 10.1. The summed E-state index contributed by atoms with van der Waals surface area (Å²) in [5.41, 5.74) is 0.725. The molecule has 1 aromatic carbocycles. The van der Waals surface area contributed by atoms with Gasteiger partial charge in [-0.25, -0.2) is 0 Å². The lowest BCUT2D eigenvalue weighted by Gasteiger charge is -1.93. The second-order valence-corrected chi connectivity index (χ2v) is 4.96. The van der Waals surface area contributed by atoms with Crippen LogP contribution in [0.5, 0.6) is 5.06 Å². The molecule has 0 radical (unpaired) electrons. The highest BCUT2D eigenvalue weighted by atomic mass is 127. The van der Waals surface area contributed by atoms with Gasteiger partial charge in [0, 0.05) is 8.27 Å². The molecule has 70 valence electrons. The monoisotopic (exact) mass is 315 g/mol. The van der Waals surface area contributed by atoms with E-state index >= 15 is 0 Å². The molecule has 0 spiro atoms. The van der Waals surface area contributed by atoms with Crippen LogP contribution in [-0.2, 0) is 0 Å². The maximum absolute atomic E-state index is 8.86. The van der Waals surface area contributed by atoms with Crippen molar-refractivity contribution in [2.45, 2.75) is 0 Å². The van der Waals surface area contributed by atoms with Crippen molar-refractivity contribution in [3.63, 3.8) is 0 Å². The number of benzene rings is 1. The minimum absolute atomic E-state index is 0.725. The first-order valence-electron chi connectivity index (χ1n) is 3.92. The first-order valence-corrected chi connectivity index (χ1v) is 5.81. The van der Waals surface area contributed by atoms with Crippen LogP contribution >= 0.6 is 33.9 Å². The predicted molar refractivity (Wildman–Crippen MR) is 65.8 cm³/mol.